The van der Waals surface area contributed by atoms with Crippen molar-refractivity contribution in [3.63, 3.8) is 0 Å². The van der Waals surface area contributed by atoms with Gasteiger partial charge in [0.1, 0.15) is 0 Å². The Morgan fingerprint density at radius 3 is 2.59 bits per heavy atom. The molecule has 0 saturated heterocycles. The molecule has 8 nitrogen and oxygen atoms in total. The largest absolute Gasteiger partial charge is 0.353 e. The Labute approximate surface area is 191 Å². The maximum Gasteiger partial charge on any atom is 0.252 e. The molecule has 0 unspecified atom stereocenters. The molecule has 2 aromatic carbocycles. The Hall–Kier alpha value is -3.20. The van der Waals surface area contributed by atoms with E-state index in [1.54, 1.807) is 10.7 Å². The van der Waals surface area contributed by atoms with Crippen molar-refractivity contribution in [1.82, 2.24) is 30.8 Å². The Bertz CT molecular complexity index is 1050. The molecule has 1 heterocycles. The number of carbonyl (C=O) groups excluding carboxylic acids is 2. The molecule has 0 radical (unpaired) electrons. The van der Waals surface area contributed by atoms with Crippen LogP contribution in [0.5, 0.6) is 0 Å². The van der Waals surface area contributed by atoms with E-state index in [0.29, 0.717) is 29.7 Å². The predicted octanol–water partition coefficient (Wildman–Crippen LogP) is 3.13. The molecule has 1 saturated carbocycles. The lowest BCUT2D eigenvalue weighted by Gasteiger charge is -2.13. The van der Waals surface area contributed by atoms with Crippen LogP contribution in [0, 0.1) is 0 Å². The smallest absolute Gasteiger partial charge is 0.252 e. The first-order chi connectivity index (χ1) is 15.7. The van der Waals surface area contributed by atoms with Crippen molar-refractivity contribution >= 4 is 23.6 Å². The average molecular weight is 451 g/mol. The molecule has 166 valence electrons. The van der Waals surface area contributed by atoms with E-state index >= 15 is 0 Å². The van der Waals surface area contributed by atoms with Gasteiger partial charge in [0.2, 0.25) is 5.91 Å². The van der Waals surface area contributed by atoms with Gasteiger partial charge >= 0.3 is 0 Å². The molecule has 1 aliphatic carbocycles. The third-order valence-electron chi connectivity index (χ3n) is 5.38. The molecule has 2 N–H and O–H groups in total. The van der Waals surface area contributed by atoms with Crippen molar-refractivity contribution in [2.45, 2.75) is 48.8 Å². The van der Waals surface area contributed by atoms with Crippen molar-refractivity contribution < 1.29 is 9.59 Å². The minimum absolute atomic E-state index is 0.00684. The molecule has 3 aromatic rings. The summed E-state index contributed by atoms with van der Waals surface area (Å²) in [6.07, 6.45) is 4.73. The summed E-state index contributed by atoms with van der Waals surface area (Å²) in [5, 5.41) is 17.9. The Kier molecular flexibility index (Phi) is 7.50. The van der Waals surface area contributed by atoms with Gasteiger partial charge in [0.05, 0.1) is 17.0 Å². The van der Waals surface area contributed by atoms with E-state index in [-0.39, 0.29) is 18.2 Å². The second kappa shape index (κ2) is 10.9. The number of carbonyl (C=O) groups is 2. The van der Waals surface area contributed by atoms with Crippen molar-refractivity contribution in [2.24, 2.45) is 0 Å². The van der Waals surface area contributed by atoms with Gasteiger partial charge < -0.3 is 10.6 Å². The number of amides is 2. The van der Waals surface area contributed by atoms with Crippen LogP contribution in [0.2, 0.25) is 0 Å². The molecule has 9 heteroatoms. The molecule has 0 atom stereocenters. The molecular weight excluding hydrogens is 424 g/mol. The SMILES string of the molecule is O=C(CCNC(=O)c1ccccc1SCc1nnnn1-c1ccccc1)NC1CCCC1. The molecule has 0 spiro atoms. The summed E-state index contributed by atoms with van der Waals surface area (Å²) < 4.78 is 1.69. The second-order valence-corrected chi connectivity index (χ2v) is 8.70. The molecule has 0 bridgehead atoms. The van der Waals surface area contributed by atoms with Gasteiger partial charge in [-0.2, -0.15) is 4.68 Å². The van der Waals surface area contributed by atoms with E-state index < -0.39 is 0 Å². The van der Waals surface area contributed by atoms with E-state index in [1.165, 1.54) is 24.6 Å². The van der Waals surface area contributed by atoms with Gasteiger partial charge in [-0.05, 0) is 47.5 Å². The van der Waals surface area contributed by atoms with Crippen LogP contribution in [0.3, 0.4) is 0 Å². The zero-order valence-corrected chi connectivity index (χ0v) is 18.6. The van der Waals surface area contributed by atoms with Gasteiger partial charge in [0.25, 0.3) is 5.91 Å². The molecule has 1 aromatic heterocycles. The normalized spacial score (nSPS) is 13.8. The van der Waals surface area contributed by atoms with Gasteiger partial charge in [-0.25, -0.2) is 0 Å². The van der Waals surface area contributed by atoms with Gasteiger partial charge in [-0.3, -0.25) is 9.59 Å². The zero-order chi connectivity index (χ0) is 22.2. The average Bonchev–Trinajstić information content (AvgIpc) is 3.50. The van der Waals surface area contributed by atoms with Crippen molar-refractivity contribution in [3.8, 4) is 5.69 Å². The number of aromatic nitrogens is 4. The molecule has 1 aliphatic rings. The van der Waals surface area contributed by atoms with Crippen LogP contribution in [0.15, 0.2) is 59.5 Å². The van der Waals surface area contributed by atoms with Crippen LogP contribution in [-0.2, 0) is 10.5 Å². The summed E-state index contributed by atoms with van der Waals surface area (Å²) >= 11 is 1.50. The minimum atomic E-state index is -0.190. The maximum atomic E-state index is 12.7. The highest BCUT2D eigenvalue weighted by molar-refractivity contribution is 7.98. The van der Waals surface area contributed by atoms with Gasteiger partial charge in [-0.15, -0.1) is 16.9 Å². The zero-order valence-electron chi connectivity index (χ0n) is 17.7. The first-order valence-corrected chi connectivity index (χ1v) is 11.8. The van der Waals surface area contributed by atoms with Crippen molar-refractivity contribution in [2.75, 3.05) is 6.54 Å². The van der Waals surface area contributed by atoms with Crippen molar-refractivity contribution in [3.05, 3.63) is 66.0 Å². The number of tetrazole rings is 1. The third-order valence-corrected chi connectivity index (χ3v) is 6.45. The maximum absolute atomic E-state index is 12.7. The van der Waals surface area contributed by atoms with Crippen LogP contribution in [0.4, 0.5) is 0 Å². The Morgan fingerprint density at radius 1 is 1.03 bits per heavy atom. The second-order valence-electron chi connectivity index (χ2n) is 7.68. The Balaban J connectivity index is 1.32. The summed E-state index contributed by atoms with van der Waals surface area (Å²) in [7, 11) is 0. The molecule has 1 fully saturated rings. The van der Waals surface area contributed by atoms with E-state index in [0.717, 1.165) is 23.4 Å². The summed E-state index contributed by atoms with van der Waals surface area (Å²) in [5.41, 5.74) is 1.46. The van der Waals surface area contributed by atoms with Crippen LogP contribution in [0.1, 0.15) is 48.3 Å². The summed E-state index contributed by atoms with van der Waals surface area (Å²) in [4.78, 5) is 25.7. The predicted molar refractivity (Wildman–Crippen MR) is 123 cm³/mol. The number of hydrogen-bond donors (Lipinski definition) is 2. The van der Waals surface area contributed by atoms with Crippen LogP contribution < -0.4 is 10.6 Å². The molecule has 0 aliphatic heterocycles. The quantitative estimate of drug-likeness (QED) is 0.486. The minimum Gasteiger partial charge on any atom is -0.353 e. The highest BCUT2D eigenvalue weighted by Crippen LogP contribution is 2.26. The van der Waals surface area contributed by atoms with Gasteiger partial charge in [-0.1, -0.05) is 43.2 Å². The molecule has 4 rings (SSSR count). The Morgan fingerprint density at radius 2 is 1.78 bits per heavy atom. The number of nitrogens with zero attached hydrogens (tertiary/aromatic N) is 4. The fourth-order valence-electron chi connectivity index (χ4n) is 3.74. The van der Waals surface area contributed by atoms with E-state index in [4.69, 9.17) is 0 Å². The number of thioether (sulfide) groups is 1. The van der Waals surface area contributed by atoms with Crippen molar-refractivity contribution in [1.29, 1.82) is 0 Å². The lowest BCUT2D eigenvalue weighted by atomic mass is 10.2. The monoisotopic (exact) mass is 450 g/mol. The first-order valence-electron chi connectivity index (χ1n) is 10.8. The van der Waals surface area contributed by atoms with E-state index in [2.05, 4.69) is 26.2 Å². The third kappa shape index (κ3) is 5.73. The van der Waals surface area contributed by atoms with E-state index in [1.807, 2.05) is 48.5 Å². The lowest BCUT2D eigenvalue weighted by Crippen LogP contribution is -2.35. The number of hydrogen-bond acceptors (Lipinski definition) is 6. The van der Waals surface area contributed by atoms with E-state index in [9.17, 15) is 9.59 Å². The van der Waals surface area contributed by atoms with Gasteiger partial charge in [0.15, 0.2) is 5.82 Å². The highest BCUT2D eigenvalue weighted by Gasteiger charge is 2.18. The summed E-state index contributed by atoms with van der Waals surface area (Å²) in [5.74, 6) is 1.01. The highest BCUT2D eigenvalue weighted by atomic mass is 32.2. The van der Waals surface area contributed by atoms with Crippen LogP contribution in [0.25, 0.3) is 5.69 Å². The first kappa shape index (κ1) is 22.0. The lowest BCUT2D eigenvalue weighted by molar-refractivity contribution is -0.121. The van der Waals surface area contributed by atoms with Crippen LogP contribution >= 0.6 is 11.8 Å². The molecular formula is C23H26N6O2S. The summed E-state index contributed by atoms with van der Waals surface area (Å²) in [6, 6.07) is 17.4. The summed E-state index contributed by atoms with van der Waals surface area (Å²) in [6.45, 7) is 0.308. The van der Waals surface area contributed by atoms with Gasteiger partial charge in [0, 0.05) is 23.9 Å². The fraction of sp³-hybridized carbons (Fsp3) is 0.348. The molecule has 2 amide bonds. The topological polar surface area (TPSA) is 102 Å². The number of nitrogens with one attached hydrogen (secondary N) is 2. The van der Waals surface area contributed by atoms with Crippen LogP contribution in [-0.4, -0.2) is 44.6 Å². The fourth-order valence-corrected chi connectivity index (χ4v) is 4.70. The number of rotatable bonds is 9. The number of benzene rings is 2. The molecule has 32 heavy (non-hydrogen) atoms. The standard InChI is InChI=1S/C23H26N6O2S/c30-22(25-17-8-4-5-9-17)14-15-24-23(31)19-12-6-7-13-20(19)32-16-21-26-27-28-29(21)18-10-2-1-3-11-18/h1-3,6-7,10-13,17H,4-5,8-9,14-16H2,(H,24,31)(H,25,30). The number of para-hydroxylation sites is 1.